The van der Waals surface area contributed by atoms with Crippen LogP contribution in [-0.4, -0.2) is 82.4 Å². The van der Waals surface area contributed by atoms with Gasteiger partial charge in [-0.05, 0) is 56.2 Å². The summed E-state index contributed by atoms with van der Waals surface area (Å²) in [6.45, 7) is 7.21. The molecule has 220 valence electrons. The Bertz CT molecular complexity index is 1490. The number of fused-ring (bicyclic) bond motifs is 4. The molecule has 3 aliphatic heterocycles. The number of ether oxygens (including phenoxy) is 2. The Morgan fingerprint density at radius 1 is 1.14 bits per heavy atom. The minimum atomic E-state index is -0.438. The molecule has 7 rings (SSSR count). The lowest BCUT2D eigenvalue weighted by atomic mass is 9.73. The monoisotopic (exact) mass is 588 g/mol. The van der Waals surface area contributed by atoms with Crippen molar-refractivity contribution in [2.24, 2.45) is 11.1 Å². The van der Waals surface area contributed by atoms with Gasteiger partial charge in [-0.15, -0.1) is 0 Å². The molecule has 2 atom stereocenters. The van der Waals surface area contributed by atoms with E-state index in [-0.39, 0.29) is 23.5 Å². The van der Waals surface area contributed by atoms with Gasteiger partial charge in [0.15, 0.2) is 11.6 Å². The molecule has 0 saturated carbocycles. The second kappa shape index (κ2) is 10.4. The molecule has 0 radical (unpaired) electrons. The van der Waals surface area contributed by atoms with E-state index in [0.717, 1.165) is 53.8 Å². The van der Waals surface area contributed by atoms with Crippen molar-refractivity contribution in [3.8, 4) is 5.75 Å². The van der Waals surface area contributed by atoms with E-state index < -0.39 is 5.60 Å². The lowest BCUT2D eigenvalue weighted by Gasteiger charge is -2.42. The van der Waals surface area contributed by atoms with Gasteiger partial charge in [0.05, 0.1) is 35.5 Å². The predicted molar refractivity (Wildman–Crippen MR) is 159 cm³/mol. The third-order valence-electron chi connectivity index (χ3n) is 9.25. The Labute approximate surface area is 249 Å². The third-order valence-corrected chi connectivity index (χ3v) is 10.2. The first kappa shape index (κ1) is 27.4. The Hall–Kier alpha value is -3.48. The van der Waals surface area contributed by atoms with Crippen LogP contribution in [0.25, 0.3) is 0 Å². The number of pyridine rings is 2. The number of anilines is 2. The van der Waals surface area contributed by atoms with Crippen LogP contribution >= 0.6 is 11.8 Å². The number of hydrogen-bond acceptors (Lipinski definition) is 10. The van der Waals surface area contributed by atoms with Gasteiger partial charge in [-0.3, -0.25) is 9.88 Å². The van der Waals surface area contributed by atoms with E-state index in [1.165, 1.54) is 17.3 Å². The van der Waals surface area contributed by atoms with Crippen LogP contribution in [0.1, 0.15) is 44.0 Å². The van der Waals surface area contributed by atoms with E-state index in [0.29, 0.717) is 31.3 Å². The highest BCUT2D eigenvalue weighted by Gasteiger charge is 2.47. The molecule has 3 aromatic rings. The van der Waals surface area contributed by atoms with Gasteiger partial charge in [-0.25, -0.2) is 19.7 Å². The molecular weight excluding hydrogens is 552 g/mol. The van der Waals surface area contributed by atoms with Crippen LogP contribution in [0.15, 0.2) is 52.9 Å². The van der Waals surface area contributed by atoms with Crippen molar-refractivity contribution >= 4 is 29.4 Å². The number of rotatable bonds is 6. The molecule has 1 aliphatic carbocycles. The predicted octanol–water partition coefficient (Wildman–Crippen LogP) is 3.69. The van der Waals surface area contributed by atoms with Gasteiger partial charge in [0.2, 0.25) is 0 Å². The fraction of sp³-hybridized carbons (Fsp3) is 0.500. The first-order valence-electron chi connectivity index (χ1n) is 14.5. The molecule has 2 N–H and O–H groups in total. The molecule has 2 fully saturated rings. The van der Waals surface area contributed by atoms with Gasteiger partial charge < -0.3 is 25.0 Å². The van der Waals surface area contributed by atoms with Gasteiger partial charge in [-0.1, -0.05) is 17.8 Å². The van der Waals surface area contributed by atoms with Gasteiger partial charge in [-0.2, -0.15) is 0 Å². The number of carbonyl (C=O) groups is 1. The largest absolute Gasteiger partial charge is 0.486 e. The van der Waals surface area contributed by atoms with Gasteiger partial charge in [0, 0.05) is 50.9 Å². The summed E-state index contributed by atoms with van der Waals surface area (Å²) >= 11 is 1.46. The normalized spacial score (nSPS) is 22.7. The first-order valence-corrected chi connectivity index (χ1v) is 15.3. The molecule has 11 nitrogen and oxygen atoms in total. The standard InChI is InChI=1S/C30H36N8O3S/c1-29(2,40-3)18-37-16-19-17-41-25-22(6-10-33-27(25)38(19)28(37)39)42-24-15-34-23(14-35-24)36-11-7-30(8-12-36)13-21-20(26(30)31)5-4-9-32-21/h4-6,9-10,14-15,19,26H,7-8,11-13,16-18,31H2,1-3H3/t19?,26-/m1/s1. The summed E-state index contributed by atoms with van der Waals surface area (Å²) in [5.41, 5.74) is 8.71. The molecular formula is C30H36N8O3S. The van der Waals surface area contributed by atoms with Crippen molar-refractivity contribution < 1.29 is 14.3 Å². The summed E-state index contributed by atoms with van der Waals surface area (Å²) < 4.78 is 11.7. The smallest absolute Gasteiger partial charge is 0.326 e. The van der Waals surface area contributed by atoms with Gasteiger partial charge in [0.25, 0.3) is 0 Å². The summed E-state index contributed by atoms with van der Waals surface area (Å²) in [5, 5.41) is 0.752. The summed E-state index contributed by atoms with van der Waals surface area (Å²) in [4.78, 5) is 38.7. The van der Waals surface area contributed by atoms with Gasteiger partial charge in [0.1, 0.15) is 17.5 Å². The average molecular weight is 589 g/mol. The summed E-state index contributed by atoms with van der Waals surface area (Å²) in [6, 6.07) is 5.88. The number of urea groups is 1. The van der Waals surface area contributed by atoms with Gasteiger partial charge >= 0.3 is 6.03 Å². The lowest BCUT2D eigenvalue weighted by Crippen LogP contribution is -2.44. The average Bonchev–Trinajstić information content (AvgIpc) is 3.46. The number of methoxy groups -OCH3 is 1. The van der Waals surface area contributed by atoms with Crippen LogP contribution in [0.3, 0.4) is 0 Å². The molecule has 1 spiro atoms. The van der Waals surface area contributed by atoms with Crippen molar-refractivity contribution in [2.45, 2.75) is 60.7 Å². The quantitative estimate of drug-likeness (QED) is 0.456. The first-order chi connectivity index (χ1) is 20.3. The van der Waals surface area contributed by atoms with Crippen LogP contribution < -0.4 is 20.3 Å². The second-order valence-electron chi connectivity index (χ2n) is 12.3. The lowest BCUT2D eigenvalue weighted by molar-refractivity contribution is 0.00370. The van der Waals surface area contributed by atoms with E-state index in [9.17, 15) is 4.79 Å². The Balaban J connectivity index is 1.02. The van der Waals surface area contributed by atoms with Crippen LogP contribution in [0.2, 0.25) is 0 Å². The SMILES string of the molecule is COC(C)(C)CN1CC2COc3c(Sc4cnc(N5CCC6(CC5)Cc5ncccc5[C@H]6N)cn4)ccnc3N2C1=O. The molecule has 2 amide bonds. The highest BCUT2D eigenvalue weighted by molar-refractivity contribution is 7.99. The minimum absolute atomic E-state index is 0.0353. The third kappa shape index (κ3) is 4.65. The minimum Gasteiger partial charge on any atom is -0.486 e. The van der Waals surface area contributed by atoms with E-state index in [2.05, 4.69) is 20.9 Å². The zero-order chi connectivity index (χ0) is 29.1. The van der Waals surface area contributed by atoms with Crippen LogP contribution in [-0.2, 0) is 11.2 Å². The van der Waals surface area contributed by atoms with Crippen molar-refractivity contribution in [2.75, 3.05) is 49.7 Å². The molecule has 12 heteroatoms. The maximum atomic E-state index is 13.4. The molecule has 2 saturated heterocycles. The van der Waals surface area contributed by atoms with E-state index in [1.54, 1.807) is 24.4 Å². The maximum absolute atomic E-state index is 13.4. The van der Waals surface area contributed by atoms with Crippen molar-refractivity contribution in [3.05, 3.63) is 54.2 Å². The number of amides is 2. The highest BCUT2D eigenvalue weighted by atomic mass is 32.2. The second-order valence-corrected chi connectivity index (χ2v) is 13.3. The zero-order valence-corrected chi connectivity index (χ0v) is 25.0. The fourth-order valence-corrected chi connectivity index (χ4v) is 7.53. The highest BCUT2D eigenvalue weighted by Crippen LogP contribution is 2.50. The summed E-state index contributed by atoms with van der Waals surface area (Å²) in [6.07, 6.45) is 10.2. The Kier molecular flexibility index (Phi) is 6.74. The number of nitrogens with zero attached hydrogens (tertiary/aromatic N) is 7. The molecule has 0 bridgehead atoms. The topological polar surface area (TPSA) is 123 Å². The van der Waals surface area contributed by atoms with E-state index in [4.69, 9.17) is 25.2 Å². The summed E-state index contributed by atoms with van der Waals surface area (Å²) in [5.74, 6) is 2.03. The Morgan fingerprint density at radius 3 is 2.71 bits per heavy atom. The van der Waals surface area contributed by atoms with E-state index >= 15 is 0 Å². The van der Waals surface area contributed by atoms with E-state index in [1.807, 2.05) is 43.3 Å². The number of nitrogens with two attached hydrogens (primary N) is 1. The van der Waals surface area contributed by atoms with Crippen LogP contribution in [0.5, 0.6) is 5.75 Å². The molecule has 6 heterocycles. The molecule has 4 aliphatic rings. The number of carbonyl (C=O) groups excluding carboxylic acids is 1. The van der Waals surface area contributed by atoms with Crippen LogP contribution in [0, 0.1) is 5.41 Å². The number of aromatic nitrogens is 4. The molecule has 3 aromatic heterocycles. The molecule has 0 aromatic carbocycles. The number of hydrogen-bond donors (Lipinski definition) is 1. The Morgan fingerprint density at radius 2 is 1.98 bits per heavy atom. The van der Waals surface area contributed by atoms with Crippen molar-refractivity contribution in [1.29, 1.82) is 0 Å². The molecule has 1 unspecified atom stereocenters. The van der Waals surface area contributed by atoms with Crippen molar-refractivity contribution in [1.82, 2.24) is 24.8 Å². The van der Waals surface area contributed by atoms with Crippen LogP contribution in [0.4, 0.5) is 16.4 Å². The van der Waals surface area contributed by atoms with Crippen molar-refractivity contribution in [3.63, 3.8) is 0 Å². The summed E-state index contributed by atoms with van der Waals surface area (Å²) in [7, 11) is 1.66. The zero-order valence-electron chi connectivity index (χ0n) is 24.2. The maximum Gasteiger partial charge on any atom is 0.326 e. The molecule has 42 heavy (non-hydrogen) atoms. The number of piperidine rings is 1. The fourth-order valence-electron chi connectivity index (χ4n) is 6.72.